The fourth-order valence-electron chi connectivity index (χ4n) is 2.62. The number of phenolic OH excluding ortho intramolecular Hbond substituents is 1. The van der Waals surface area contributed by atoms with Crippen molar-refractivity contribution in [3.63, 3.8) is 0 Å². The number of rotatable bonds is 6. The van der Waals surface area contributed by atoms with Crippen molar-refractivity contribution in [2.45, 2.75) is 6.10 Å². The van der Waals surface area contributed by atoms with Crippen molar-refractivity contribution in [3.05, 3.63) is 36.0 Å². The van der Waals surface area contributed by atoms with E-state index in [1.165, 1.54) is 12.1 Å². The number of phenols is 1. The molecule has 8 nitrogen and oxygen atoms in total. The molecule has 8 heteroatoms. The van der Waals surface area contributed by atoms with Crippen molar-refractivity contribution >= 4 is 5.91 Å². The van der Waals surface area contributed by atoms with Crippen molar-refractivity contribution in [1.82, 2.24) is 15.4 Å². The highest BCUT2D eigenvalue weighted by molar-refractivity contribution is 5.93. The summed E-state index contributed by atoms with van der Waals surface area (Å²) >= 11 is 0. The smallest absolute Gasteiger partial charge is 0.273 e. The number of nitrogens with zero attached hydrogens (tertiary/aromatic N) is 2. The number of hydrogen-bond donors (Lipinski definition) is 3. The summed E-state index contributed by atoms with van der Waals surface area (Å²) in [7, 11) is 0. The van der Waals surface area contributed by atoms with Gasteiger partial charge in [0.25, 0.3) is 5.91 Å². The lowest BCUT2D eigenvalue weighted by Gasteiger charge is -2.28. The van der Waals surface area contributed by atoms with Crippen LogP contribution in [0.15, 0.2) is 34.9 Å². The molecular weight excluding hydrogens is 326 g/mol. The van der Waals surface area contributed by atoms with Crippen LogP contribution in [-0.4, -0.2) is 71.7 Å². The molecule has 1 atom stereocenters. The van der Waals surface area contributed by atoms with Crippen molar-refractivity contribution in [2.75, 3.05) is 39.4 Å². The molecular formula is C17H21N3O5. The molecule has 25 heavy (non-hydrogen) atoms. The van der Waals surface area contributed by atoms with Gasteiger partial charge in [0.2, 0.25) is 0 Å². The van der Waals surface area contributed by atoms with E-state index in [0.29, 0.717) is 31.1 Å². The number of ether oxygens (including phenoxy) is 1. The summed E-state index contributed by atoms with van der Waals surface area (Å²) in [5.41, 5.74) is 0.746. The number of aromatic nitrogens is 1. The quantitative estimate of drug-likeness (QED) is 0.697. The maximum atomic E-state index is 12.1. The van der Waals surface area contributed by atoms with Crippen LogP contribution < -0.4 is 5.32 Å². The largest absolute Gasteiger partial charge is 0.508 e. The molecule has 2 heterocycles. The van der Waals surface area contributed by atoms with Crippen molar-refractivity contribution in [3.8, 4) is 17.1 Å². The average molecular weight is 347 g/mol. The SMILES string of the molecule is O=C(NCC(O)CN1CCOCC1)c1cc(-c2cccc(O)c2)on1. The third kappa shape index (κ3) is 4.79. The predicted octanol–water partition coefficient (Wildman–Crippen LogP) is 0.470. The molecule has 1 aromatic heterocycles. The molecule has 1 aromatic carbocycles. The summed E-state index contributed by atoms with van der Waals surface area (Å²) in [5, 5.41) is 25.9. The monoisotopic (exact) mass is 347 g/mol. The van der Waals surface area contributed by atoms with Gasteiger partial charge in [-0.15, -0.1) is 0 Å². The third-order valence-corrected chi connectivity index (χ3v) is 3.94. The van der Waals surface area contributed by atoms with Crippen molar-refractivity contribution in [2.24, 2.45) is 0 Å². The van der Waals surface area contributed by atoms with Gasteiger partial charge in [-0.1, -0.05) is 17.3 Å². The number of aliphatic hydroxyl groups is 1. The number of benzene rings is 1. The van der Waals surface area contributed by atoms with Crippen molar-refractivity contribution in [1.29, 1.82) is 0 Å². The van der Waals surface area contributed by atoms with E-state index >= 15 is 0 Å². The summed E-state index contributed by atoms with van der Waals surface area (Å²) in [6.07, 6.45) is -0.667. The first-order valence-corrected chi connectivity index (χ1v) is 8.14. The van der Waals surface area contributed by atoms with Crippen LogP contribution >= 0.6 is 0 Å². The highest BCUT2D eigenvalue weighted by Gasteiger charge is 2.18. The number of hydrogen-bond acceptors (Lipinski definition) is 7. The van der Waals surface area contributed by atoms with E-state index in [-0.39, 0.29) is 18.0 Å². The number of carbonyl (C=O) groups excluding carboxylic acids is 1. The van der Waals surface area contributed by atoms with Crippen LogP contribution in [-0.2, 0) is 4.74 Å². The van der Waals surface area contributed by atoms with Crippen LogP contribution in [0.4, 0.5) is 0 Å². The van der Waals surface area contributed by atoms with Gasteiger partial charge in [0.1, 0.15) is 5.75 Å². The first kappa shape index (κ1) is 17.4. The van der Waals surface area contributed by atoms with E-state index in [2.05, 4.69) is 15.4 Å². The van der Waals surface area contributed by atoms with E-state index in [9.17, 15) is 15.0 Å². The van der Waals surface area contributed by atoms with Gasteiger partial charge in [0, 0.05) is 37.8 Å². The number of aliphatic hydroxyl groups excluding tert-OH is 1. The Balaban J connectivity index is 1.51. The molecule has 0 spiro atoms. The molecule has 134 valence electrons. The van der Waals surface area contributed by atoms with Gasteiger partial charge in [0.05, 0.1) is 19.3 Å². The van der Waals surface area contributed by atoms with Crippen LogP contribution in [0, 0.1) is 0 Å². The zero-order valence-corrected chi connectivity index (χ0v) is 13.7. The second-order valence-electron chi connectivity index (χ2n) is 5.90. The minimum atomic E-state index is -0.667. The molecule has 0 aliphatic carbocycles. The lowest BCUT2D eigenvalue weighted by molar-refractivity contribution is 0.0149. The highest BCUT2D eigenvalue weighted by atomic mass is 16.5. The number of carbonyl (C=O) groups is 1. The Morgan fingerprint density at radius 2 is 2.12 bits per heavy atom. The van der Waals surface area contributed by atoms with Crippen molar-refractivity contribution < 1.29 is 24.3 Å². The predicted molar refractivity (Wildman–Crippen MR) is 89.2 cm³/mol. The Hall–Kier alpha value is -2.42. The van der Waals surface area contributed by atoms with E-state index in [4.69, 9.17) is 9.26 Å². The van der Waals surface area contributed by atoms with E-state index in [1.54, 1.807) is 18.2 Å². The van der Waals surface area contributed by atoms with Gasteiger partial charge >= 0.3 is 0 Å². The molecule has 3 rings (SSSR count). The molecule has 1 aliphatic rings. The van der Waals surface area contributed by atoms with Crippen LogP contribution in [0.25, 0.3) is 11.3 Å². The standard InChI is InChI=1S/C17H21N3O5/c21-13-3-1-2-12(8-13)16-9-15(19-25-16)17(23)18-10-14(22)11-20-4-6-24-7-5-20/h1-3,8-9,14,21-22H,4-7,10-11H2,(H,18,23). The Kier molecular flexibility index (Phi) is 5.64. The lowest BCUT2D eigenvalue weighted by Crippen LogP contribution is -2.44. The van der Waals surface area contributed by atoms with Gasteiger partial charge in [-0.3, -0.25) is 9.69 Å². The topological polar surface area (TPSA) is 108 Å². The maximum Gasteiger partial charge on any atom is 0.273 e. The van der Waals surface area contributed by atoms with Crippen LogP contribution in [0.5, 0.6) is 5.75 Å². The number of nitrogens with one attached hydrogen (secondary N) is 1. The molecule has 0 radical (unpaired) electrons. The zero-order valence-electron chi connectivity index (χ0n) is 13.7. The van der Waals surface area contributed by atoms with Gasteiger partial charge in [-0.25, -0.2) is 0 Å². The van der Waals surface area contributed by atoms with Crippen LogP contribution in [0.3, 0.4) is 0 Å². The van der Waals surface area contributed by atoms with Gasteiger partial charge in [0.15, 0.2) is 11.5 Å². The molecule has 1 fully saturated rings. The first-order valence-electron chi connectivity index (χ1n) is 8.14. The Bertz CT molecular complexity index is 712. The fraction of sp³-hybridized carbons (Fsp3) is 0.412. The molecule has 1 amide bonds. The zero-order chi connectivity index (χ0) is 17.6. The van der Waals surface area contributed by atoms with E-state index in [0.717, 1.165) is 13.1 Å². The highest BCUT2D eigenvalue weighted by Crippen LogP contribution is 2.23. The number of aromatic hydroxyl groups is 1. The van der Waals surface area contributed by atoms with E-state index < -0.39 is 12.0 Å². The van der Waals surface area contributed by atoms with Gasteiger partial charge in [-0.2, -0.15) is 0 Å². The lowest BCUT2D eigenvalue weighted by atomic mass is 10.1. The molecule has 0 bridgehead atoms. The maximum absolute atomic E-state index is 12.1. The average Bonchev–Trinajstić information content (AvgIpc) is 3.11. The normalized spacial score (nSPS) is 16.5. The first-order chi connectivity index (χ1) is 12.1. The Labute approximate surface area is 145 Å². The minimum absolute atomic E-state index is 0.103. The molecule has 1 aliphatic heterocycles. The fourth-order valence-corrected chi connectivity index (χ4v) is 2.62. The Morgan fingerprint density at radius 3 is 2.88 bits per heavy atom. The van der Waals surface area contributed by atoms with Gasteiger partial charge in [-0.05, 0) is 12.1 Å². The second kappa shape index (κ2) is 8.11. The molecule has 0 saturated carbocycles. The summed E-state index contributed by atoms with van der Waals surface area (Å²) in [6, 6.07) is 7.99. The summed E-state index contributed by atoms with van der Waals surface area (Å²) < 4.78 is 10.4. The molecule has 1 saturated heterocycles. The molecule has 3 N–H and O–H groups in total. The number of amides is 1. The molecule has 2 aromatic rings. The van der Waals surface area contributed by atoms with Crippen LogP contribution in [0.1, 0.15) is 10.5 Å². The molecule has 1 unspecified atom stereocenters. The second-order valence-corrected chi connectivity index (χ2v) is 5.90. The van der Waals surface area contributed by atoms with Crippen LogP contribution in [0.2, 0.25) is 0 Å². The minimum Gasteiger partial charge on any atom is -0.508 e. The van der Waals surface area contributed by atoms with Gasteiger partial charge < -0.3 is 24.8 Å². The van der Waals surface area contributed by atoms with E-state index in [1.807, 2.05) is 0 Å². The number of β-amino-alcohol motifs (C(OH)–C–C–N with tert-alkyl or cyclic N) is 1. The number of morpholine rings is 1. The third-order valence-electron chi connectivity index (χ3n) is 3.94. The Morgan fingerprint density at radius 1 is 1.32 bits per heavy atom. The summed E-state index contributed by atoms with van der Waals surface area (Å²) in [6.45, 7) is 3.50. The summed E-state index contributed by atoms with van der Waals surface area (Å²) in [4.78, 5) is 14.2. The summed E-state index contributed by atoms with van der Waals surface area (Å²) in [5.74, 6) is 0.0669.